The average molecular weight is 371 g/mol. The minimum absolute atomic E-state index is 0.154. The first-order chi connectivity index (χ1) is 12.9. The van der Waals surface area contributed by atoms with E-state index in [0.29, 0.717) is 12.1 Å². The van der Waals surface area contributed by atoms with Crippen LogP contribution >= 0.6 is 0 Å². The van der Waals surface area contributed by atoms with E-state index in [4.69, 9.17) is 4.74 Å². The standard InChI is InChI=1S/C21H25NO5/c1-22(2)12-21(13-23,14-24)15-27-20(26)18-11-7-6-10-17(18)19(25)16-8-4-3-5-9-16/h3-11,23-24H,12-15H2,1-2H3. The molecule has 0 aliphatic heterocycles. The smallest absolute Gasteiger partial charge is 0.338 e. The Morgan fingerprint density at radius 2 is 1.48 bits per heavy atom. The molecule has 0 saturated heterocycles. The van der Waals surface area contributed by atoms with Crippen molar-refractivity contribution in [2.24, 2.45) is 5.41 Å². The molecule has 27 heavy (non-hydrogen) atoms. The number of carbonyl (C=O) groups excluding carboxylic acids is 2. The van der Waals surface area contributed by atoms with Crippen molar-refractivity contribution < 1.29 is 24.5 Å². The first-order valence-corrected chi connectivity index (χ1v) is 8.65. The van der Waals surface area contributed by atoms with Crippen molar-refractivity contribution in [3.63, 3.8) is 0 Å². The molecule has 0 aromatic heterocycles. The zero-order valence-corrected chi connectivity index (χ0v) is 15.6. The Morgan fingerprint density at radius 1 is 0.926 bits per heavy atom. The number of hydrogen-bond donors (Lipinski definition) is 2. The molecule has 6 nitrogen and oxygen atoms in total. The summed E-state index contributed by atoms with van der Waals surface area (Å²) in [5, 5.41) is 19.3. The van der Waals surface area contributed by atoms with Crippen molar-refractivity contribution in [1.82, 2.24) is 4.90 Å². The number of ether oxygens (including phenoxy) is 1. The van der Waals surface area contributed by atoms with Crippen LogP contribution in [0.25, 0.3) is 0 Å². The van der Waals surface area contributed by atoms with Crippen LogP contribution in [-0.4, -0.2) is 67.3 Å². The van der Waals surface area contributed by atoms with Crippen molar-refractivity contribution >= 4 is 11.8 Å². The number of rotatable bonds is 9. The summed E-state index contributed by atoms with van der Waals surface area (Å²) in [5.74, 6) is -0.938. The van der Waals surface area contributed by atoms with E-state index in [1.54, 1.807) is 61.5 Å². The van der Waals surface area contributed by atoms with Crippen molar-refractivity contribution in [3.8, 4) is 0 Å². The largest absolute Gasteiger partial charge is 0.461 e. The highest BCUT2D eigenvalue weighted by atomic mass is 16.5. The van der Waals surface area contributed by atoms with Gasteiger partial charge in [-0.3, -0.25) is 4.79 Å². The molecule has 0 bridgehead atoms. The van der Waals surface area contributed by atoms with Gasteiger partial charge in [0.2, 0.25) is 0 Å². The molecule has 2 rings (SSSR count). The van der Waals surface area contributed by atoms with Gasteiger partial charge in [-0.05, 0) is 20.2 Å². The van der Waals surface area contributed by atoms with Crippen molar-refractivity contribution in [2.45, 2.75) is 0 Å². The highest BCUT2D eigenvalue weighted by Crippen LogP contribution is 2.20. The van der Waals surface area contributed by atoms with Crippen LogP contribution < -0.4 is 0 Å². The van der Waals surface area contributed by atoms with E-state index in [-0.39, 0.29) is 36.7 Å². The number of esters is 1. The lowest BCUT2D eigenvalue weighted by Gasteiger charge is -2.31. The Kier molecular flexibility index (Phi) is 7.24. The Balaban J connectivity index is 2.21. The van der Waals surface area contributed by atoms with E-state index >= 15 is 0 Å². The summed E-state index contributed by atoms with van der Waals surface area (Å²) in [6.45, 7) is -0.484. The third kappa shape index (κ3) is 5.23. The van der Waals surface area contributed by atoms with Crippen molar-refractivity contribution in [1.29, 1.82) is 0 Å². The molecule has 0 atom stereocenters. The molecule has 0 unspecified atom stereocenters. The summed E-state index contributed by atoms with van der Waals surface area (Å²) < 4.78 is 5.37. The Hall–Kier alpha value is -2.54. The molecule has 0 saturated carbocycles. The predicted molar refractivity (Wildman–Crippen MR) is 102 cm³/mol. The van der Waals surface area contributed by atoms with Crippen molar-refractivity contribution in [2.75, 3.05) is 40.5 Å². The van der Waals surface area contributed by atoms with E-state index in [0.717, 1.165) is 0 Å². The lowest BCUT2D eigenvalue weighted by Crippen LogP contribution is -2.44. The zero-order chi connectivity index (χ0) is 19.9. The quantitative estimate of drug-likeness (QED) is 0.514. The van der Waals surface area contributed by atoms with Gasteiger partial charge in [0, 0.05) is 17.7 Å². The summed E-state index contributed by atoms with van der Waals surface area (Å²) in [7, 11) is 3.60. The van der Waals surface area contributed by atoms with Gasteiger partial charge in [-0.1, -0.05) is 48.5 Å². The second-order valence-corrected chi connectivity index (χ2v) is 6.87. The molecule has 0 radical (unpaired) electrons. The van der Waals surface area contributed by atoms with E-state index < -0.39 is 11.4 Å². The number of hydrogen-bond acceptors (Lipinski definition) is 6. The molecular weight excluding hydrogens is 346 g/mol. The molecule has 6 heteroatoms. The topological polar surface area (TPSA) is 87.1 Å². The molecule has 0 fully saturated rings. The number of carbonyl (C=O) groups is 2. The molecule has 144 valence electrons. The highest BCUT2D eigenvalue weighted by Gasteiger charge is 2.32. The van der Waals surface area contributed by atoms with Crippen LogP contribution in [0.1, 0.15) is 26.3 Å². The third-order valence-corrected chi connectivity index (χ3v) is 4.26. The first kappa shape index (κ1) is 20.8. The summed E-state index contributed by atoms with van der Waals surface area (Å²) >= 11 is 0. The predicted octanol–water partition coefficient (Wildman–Crippen LogP) is 1.61. The Morgan fingerprint density at radius 3 is 2.04 bits per heavy atom. The molecular formula is C21H25NO5. The number of nitrogens with zero attached hydrogens (tertiary/aromatic N) is 1. The van der Waals surface area contributed by atoms with Crippen LogP contribution in [0.3, 0.4) is 0 Å². The molecule has 2 aromatic carbocycles. The first-order valence-electron chi connectivity index (χ1n) is 8.65. The zero-order valence-electron chi connectivity index (χ0n) is 15.6. The van der Waals surface area contributed by atoms with Crippen LogP contribution in [0.4, 0.5) is 0 Å². The summed E-state index contributed by atoms with van der Waals surface area (Å²) in [4.78, 5) is 27.1. The molecule has 0 amide bonds. The van der Waals surface area contributed by atoms with Crippen LogP contribution in [0, 0.1) is 5.41 Å². The fourth-order valence-corrected chi connectivity index (χ4v) is 2.86. The van der Waals surface area contributed by atoms with Crippen LogP contribution in [0.2, 0.25) is 0 Å². The molecule has 0 aliphatic carbocycles. The fraction of sp³-hybridized carbons (Fsp3) is 0.333. The molecule has 0 heterocycles. The second-order valence-electron chi connectivity index (χ2n) is 6.87. The lowest BCUT2D eigenvalue weighted by atomic mass is 9.90. The van der Waals surface area contributed by atoms with Crippen LogP contribution in [-0.2, 0) is 4.74 Å². The number of benzene rings is 2. The SMILES string of the molecule is CN(C)CC(CO)(CO)COC(=O)c1ccccc1C(=O)c1ccccc1. The third-order valence-electron chi connectivity index (χ3n) is 4.26. The number of aliphatic hydroxyl groups excluding tert-OH is 2. The molecule has 2 N–H and O–H groups in total. The maximum atomic E-state index is 12.7. The van der Waals surface area contributed by atoms with Gasteiger partial charge in [0.1, 0.15) is 6.61 Å². The number of aliphatic hydroxyl groups is 2. The van der Waals surface area contributed by atoms with Gasteiger partial charge in [0.05, 0.1) is 24.2 Å². The van der Waals surface area contributed by atoms with Crippen LogP contribution in [0.5, 0.6) is 0 Å². The molecule has 0 spiro atoms. The van der Waals surface area contributed by atoms with Gasteiger partial charge >= 0.3 is 5.97 Å². The highest BCUT2D eigenvalue weighted by molar-refractivity contribution is 6.14. The van der Waals surface area contributed by atoms with E-state index in [1.165, 1.54) is 6.07 Å². The minimum Gasteiger partial charge on any atom is -0.461 e. The monoisotopic (exact) mass is 371 g/mol. The second kappa shape index (κ2) is 9.41. The summed E-state index contributed by atoms with van der Waals surface area (Å²) in [6.07, 6.45) is 0. The van der Waals surface area contributed by atoms with E-state index in [1.807, 2.05) is 6.07 Å². The lowest BCUT2D eigenvalue weighted by molar-refractivity contribution is -0.0273. The van der Waals surface area contributed by atoms with Gasteiger partial charge in [-0.15, -0.1) is 0 Å². The van der Waals surface area contributed by atoms with Gasteiger partial charge in [0.25, 0.3) is 0 Å². The van der Waals surface area contributed by atoms with Gasteiger partial charge in [0.15, 0.2) is 5.78 Å². The van der Waals surface area contributed by atoms with E-state index in [2.05, 4.69) is 0 Å². The number of ketones is 1. The molecule has 0 aliphatic rings. The maximum absolute atomic E-state index is 12.7. The molecule has 2 aromatic rings. The fourth-order valence-electron chi connectivity index (χ4n) is 2.86. The Bertz CT molecular complexity index is 769. The maximum Gasteiger partial charge on any atom is 0.338 e. The Labute approximate surface area is 159 Å². The average Bonchev–Trinajstić information content (AvgIpc) is 2.70. The summed E-state index contributed by atoms with van der Waals surface area (Å²) in [6, 6.07) is 15.1. The van der Waals surface area contributed by atoms with Gasteiger partial charge in [-0.25, -0.2) is 4.79 Å². The van der Waals surface area contributed by atoms with Crippen molar-refractivity contribution in [3.05, 3.63) is 71.3 Å². The van der Waals surface area contributed by atoms with Gasteiger partial charge in [-0.2, -0.15) is 0 Å². The van der Waals surface area contributed by atoms with E-state index in [9.17, 15) is 19.8 Å². The minimum atomic E-state index is -0.975. The normalized spacial score (nSPS) is 11.4. The van der Waals surface area contributed by atoms with Crippen LogP contribution in [0.15, 0.2) is 54.6 Å². The summed E-state index contributed by atoms with van der Waals surface area (Å²) in [5.41, 5.74) is -0.0938. The van der Waals surface area contributed by atoms with Gasteiger partial charge < -0.3 is 19.8 Å².